The zero-order valence-corrected chi connectivity index (χ0v) is 21.6. The van der Waals surface area contributed by atoms with E-state index in [1.807, 2.05) is 25.3 Å². The van der Waals surface area contributed by atoms with E-state index in [1.54, 1.807) is 0 Å². The van der Waals surface area contributed by atoms with Gasteiger partial charge >= 0.3 is 0 Å². The molecule has 0 bridgehead atoms. The molecular formula is C25H31IN4O3. The molecule has 1 N–H and O–H groups in total. The van der Waals surface area contributed by atoms with Gasteiger partial charge in [-0.25, -0.2) is 4.98 Å². The number of aliphatic hydroxyl groups is 1. The maximum atomic E-state index is 9.86. The van der Waals surface area contributed by atoms with Gasteiger partial charge in [-0.15, -0.1) is 0 Å². The second kappa shape index (κ2) is 10.8. The Hall–Kier alpha value is -2.20. The summed E-state index contributed by atoms with van der Waals surface area (Å²) in [4.78, 5) is 11.8. The Morgan fingerprint density at radius 1 is 1.12 bits per heavy atom. The van der Waals surface area contributed by atoms with E-state index in [0.29, 0.717) is 16.1 Å². The van der Waals surface area contributed by atoms with E-state index in [9.17, 15) is 5.11 Å². The van der Waals surface area contributed by atoms with Crippen LogP contribution in [0.2, 0.25) is 0 Å². The molecule has 176 valence electrons. The summed E-state index contributed by atoms with van der Waals surface area (Å²) >= 11 is 2.15. The second-order valence-corrected chi connectivity index (χ2v) is 9.31. The number of hydrogen-bond donors (Lipinski definition) is 1. The second-order valence-electron chi connectivity index (χ2n) is 8.43. The zero-order chi connectivity index (χ0) is 23.4. The number of pyridine rings is 1. The van der Waals surface area contributed by atoms with E-state index >= 15 is 0 Å². The molecule has 8 heteroatoms. The molecule has 0 aliphatic carbocycles. The van der Waals surface area contributed by atoms with Crippen LogP contribution in [0.1, 0.15) is 43.4 Å². The number of benzene rings is 1. The quantitative estimate of drug-likeness (QED) is 0.290. The summed E-state index contributed by atoms with van der Waals surface area (Å²) in [6.07, 6.45) is 5.51. The normalized spacial score (nSPS) is 14.6. The molecular weight excluding hydrogens is 531 g/mol. The summed E-state index contributed by atoms with van der Waals surface area (Å²) in [5.41, 5.74) is 4.98. The smallest absolute Gasteiger partial charge is 0.259 e. The number of aryl methyl sites for hydroxylation is 3. The highest BCUT2D eigenvalue weighted by atomic mass is 127. The number of ether oxygens (including phenoxy) is 1. The lowest BCUT2D eigenvalue weighted by molar-refractivity contribution is 0.127. The summed E-state index contributed by atoms with van der Waals surface area (Å²) in [5.74, 6) is 2.91. The highest BCUT2D eigenvalue weighted by Crippen LogP contribution is 2.32. The third-order valence-corrected chi connectivity index (χ3v) is 7.01. The Bertz CT molecular complexity index is 1100. The van der Waals surface area contributed by atoms with Crippen molar-refractivity contribution in [2.24, 2.45) is 0 Å². The van der Waals surface area contributed by atoms with Crippen LogP contribution >= 0.6 is 22.6 Å². The number of hydrogen-bond acceptors (Lipinski definition) is 7. The molecule has 1 aliphatic heterocycles. The Kier molecular flexibility index (Phi) is 7.85. The van der Waals surface area contributed by atoms with Gasteiger partial charge < -0.3 is 19.3 Å². The van der Waals surface area contributed by atoms with Crippen molar-refractivity contribution >= 4 is 28.4 Å². The van der Waals surface area contributed by atoms with Gasteiger partial charge in [-0.2, -0.15) is 4.98 Å². The predicted molar refractivity (Wildman–Crippen MR) is 138 cm³/mol. The topological polar surface area (TPSA) is 84.5 Å². The Morgan fingerprint density at radius 3 is 2.55 bits per heavy atom. The van der Waals surface area contributed by atoms with Crippen molar-refractivity contribution in [1.82, 2.24) is 15.1 Å². The lowest BCUT2D eigenvalue weighted by Gasteiger charge is -2.19. The average Bonchev–Trinajstić information content (AvgIpc) is 3.55. The molecule has 0 amide bonds. The van der Waals surface area contributed by atoms with E-state index in [4.69, 9.17) is 14.2 Å². The number of aliphatic hydroxyl groups excluding tert-OH is 1. The van der Waals surface area contributed by atoms with E-state index in [1.165, 1.54) is 18.4 Å². The molecule has 1 fully saturated rings. The van der Waals surface area contributed by atoms with Gasteiger partial charge in [-0.1, -0.05) is 41.6 Å². The number of halogens is 1. The summed E-state index contributed by atoms with van der Waals surface area (Å²) in [7, 11) is 0. The summed E-state index contributed by atoms with van der Waals surface area (Å²) in [6, 6.07) is 6.17. The summed E-state index contributed by atoms with van der Waals surface area (Å²) in [6.45, 7) is 8.66. The molecule has 1 atom stereocenters. The minimum atomic E-state index is -0.479. The molecule has 0 radical (unpaired) electrons. The largest absolute Gasteiger partial charge is 0.490 e. The van der Waals surface area contributed by atoms with Gasteiger partial charge in [-0.3, -0.25) is 0 Å². The average molecular weight is 562 g/mol. The van der Waals surface area contributed by atoms with Crippen molar-refractivity contribution in [2.75, 3.05) is 29.0 Å². The maximum Gasteiger partial charge on any atom is 0.259 e. The molecule has 4 rings (SSSR count). The van der Waals surface area contributed by atoms with E-state index < -0.39 is 6.10 Å². The summed E-state index contributed by atoms with van der Waals surface area (Å²) in [5, 5.41) is 14.1. The predicted octanol–water partition coefficient (Wildman–Crippen LogP) is 5.01. The third kappa shape index (κ3) is 5.32. The lowest BCUT2D eigenvalue weighted by atomic mass is 10.0. The molecule has 0 unspecified atom stereocenters. The third-order valence-electron chi connectivity index (χ3n) is 5.99. The molecule has 2 aromatic heterocycles. The van der Waals surface area contributed by atoms with Crippen molar-refractivity contribution in [3.63, 3.8) is 0 Å². The van der Waals surface area contributed by atoms with Gasteiger partial charge in [0.15, 0.2) is 0 Å². The SMILES string of the molecule is CCc1cc(-c2nc(-c3cc(C)c(OC[C@@H](O)CI)c(CC)c3)no2)cnc1N1CCCC1. The van der Waals surface area contributed by atoms with Crippen LogP contribution in [0.5, 0.6) is 5.75 Å². The molecule has 1 saturated heterocycles. The van der Waals surface area contributed by atoms with Gasteiger partial charge in [0.25, 0.3) is 5.89 Å². The monoisotopic (exact) mass is 562 g/mol. The molecule has 0 spiro atoms. The first-order valence-electron chi connectivity index (χ1n) is 11.6. The fraction of sp³-hybridized carbons (Fsp3) is 0.480. The number of alkyl halides is 1. The molecule has 3 aromatic rings. The first kappa shape index (κ1) is 23.9. The van der Waals surface area contributed by atoms with Crippen molar-refractivity contribution in [2.45, 2.75) is 52.6 Å². The van der Waals surface area contributed by atoms with Crippen LogP contribution in [0.3, 0.4) is 0 Å². The van der Waals surface area contributed by atoms with E-state index in [0.717, 1.165) is 59.8 Å². The van der Waals surface area contributed by atoms with Crippen LogP contribution in [0.25, 0.3) is 22.8 Å². The fourth-order valence-corrected chi connectivity index (χ4v) is 4.48. The van der Waals surface area contributed by atoms with Crippen molar-refractivity contribution in [3.8, 4) is 28.6 Å². The van der Waals surface area contributed by atoms with E-state index in [-0.39, 0.29) is 6.61 Å². The van der Waals surface area contributed by atoms with Gasteiger partial charge in [-0.05, 0) is 67.5 Å². The standard InChI is InChI=1S/C25H31IN4O3/c1-4-17-11-19(10-16(3)22(17)32-15-21(31)13-26)23-28-25(33-29-23)20-12-18(5-2)24(27-14-20)30-8-6-7-9-30/h10-12,14,21,31H,4-9,13,15H2,1-3H3/t21-/m0/s1. The number of rotatable bonds is 9. The molecule has 1 aliphatic rings. The Labute approximate surface area is 208 Å². The lowest BCUT2D eigenvalue weighted by Crippen LogP contribution is -2.20. The van der Waals surface area contributed by atoms with Gasteiger partial charge in [0.2, 0.25) is 5.82 Å². The van der Waals surface area contributed by atoms with Crippen LogP contribution in [0.4, 0.5) is 5.82 Å². The van der Waals surface area contributed by atoms with Gasteiger partial charge in [0, 0.05) is 29.3 Å². The van der Waals surface area contributed by atoms with Crippen LogP contribution < -0.4 is 9.64 Å². The Balaban J connectivity index is 1.60. The van der Waals surface area contributed by atoms with Crippen molar-refractivity contribution in [1.29, 1.82) is 0 Å². The first-order chi connectivity index (χ1) is 16.0. The minimum Gasteiger partial charge on any atom is -0.490 e. The van der Waals surface area contributed by atoms with Gasteiger partial charge in [0.1, 0.15) is 18.2 Å². The number of aromatic nitrogens is 3. The highest BCUT2D eigenvalue weighted by molar-refractivity contribution is 14.1. The fourth-order valence-electron chi connectivity index (χ4n) is 4.22. The van der Waals surface area contributed by atoms with Crippen molar-refractivity contribution in [3.05, 3.63) is 41.1 Å². The number of nitrogens with zero attached hydrogens (tertiary/aromatic N) is 4. The minimum absolute atomic E-state index is 0.280. The van der Waals surface area contributed by atoms with E-state index in [2.05, 4.69) is 57.5 Å². The summed E-state index contributed by atoms with van der Waals surface area (Å²) < 4.78 is 12.2. The number of anilines is 1. The van der Waals surface area contributed by atoms with Gasteiger partial charge in [0.05, 0.1) is 11.7 Å². The van der Waals surface area contributed by atoms with Crippen LogP contribution in [0, 0.1) is 6.92 Å². The zero-order valence-electron chi connectivity index (χ0n) is 19.5. The van der Waals surface area contributed by atoms with Crippen LogP contribution in [-0.2, 0) is 12.8 Å². The van der Waals surface area contributed by atoms with Crippen LogP contribution in [-0.4, -0.2) is 50.5 Å². The highest BCUT2D eigenvalue weighted by Gasteiger charge is 2.20. The first-order valence-corrected chi connectivity index (χ1v) is 13.1. The van der Waals surface area contributed by atoms with Crippen molar-refractivity contribution < 1.29 is 14.4 Å². The van der Waals surface area contributed by atoms with Crippen LogP contribution in [0.15, 0.2) is 28.9 Å². The molecule has 0 saturated carbocycles. The molecule has 1 aromatic carbocycles. The molecule has 3 heterocycles. The Morgan fingerprint density at radius 2 is 1.85 bits per heavy atom. The molecule has 7 nitrogen and oxygen atoms in total. The maximum absolute atomic E-state index is 9.86. The molecule has 33 heavy (non-hydrogen) atoms.